The first-order valence-corrected chi connectivity index (χ1v) is 9.35. The molecule has 0 aromatic carbocycles. The minimum absolute atomic E-state index is 0.0302. The second-order valence-electron chi connectivity index (χ2n) is 7.25. The molecule has 5 heterocycles. The van der Waals surface area contributed by atoms with Gasteiger partial charge < -0.3 is 14.4 Å². The maximum atomic E-state index is 12.7. The van der Waals surface area contributed by atoms with Crippen molar-refractivity contribution in [3.8, 4) is 0 Å². The van der Waals surface area contributed by atoms with Crippen LogP contribution in [0.3, 0.4) is 0 Å². The molecule has 2 fully saturated rings. The van der Waals surface area contributed by atoms with Crippen molar-refractivity contribution in [3.05, 3.63) is 42.7 Å². The number of likely N-dealkylation sites (tertiary alicyclic amines) is 1. The van der Waals surface area contributed by atoms with Crippen LogP contribution in [-0.4, -0.2) is 61.5 Å². The fourth-order valence-corrected chi connectivity index (χ4v) is 4.31. The van der Waals surface area contributed by atoms with Gasteiger partial charge in [-0.1, -0.05) is 6.07 Å². The number of rotatable bonds is 3. The summed E-state index contributed by atoms with van der Waals surface area (Å²) in [6, 6.07) is 5.47. The molecule has 2 aliphatic rings. The van der Waals surface area contributed by atoms with Crippen LogP contribution in [0.5, 0.6) is 0 Å². The lowest BCUT2D eigenvalue weighted by atomic mass is 10.0. The molecule has 1 amide bonds. The number of anilines is 1. The molecule has 0 radical (unpaired) electrons. The summed E-state index contributed by atoms with van der Waals surface area (Å²) in [5, 5.41) is 0. The van der Waals surface area contributed by atoms with Gasteiger partial charge in [0.05, 0.1) is 6.33 Å². The van der Waals surface area contributed by atoms with Crippen molar-refractivity contribution in [1.82, 2.24) is 29.4 Å². The lowest BCUT2D eigenvalue weighted by molar-refractivity contribution is 0.0777. The van der Waals surface area contributed by atoms with Crippen molar-refractivity contribution in [3.63, 3.8) is 0 Å². The molecule has 5 rings (SSSR count). The van der Waals surface area contributed by atoms with Gasteiger partial charge in [0.25, 0.3) is 5.91 Å². The fourth-order valence-electron chi connectivity index (χ4n) is 4.31. The Balaban J connectivity index is 1.33. The number of fused-ring (bicyclic) bond motifs is 2. The van der Waals surface area contributed by atoms with Crippen molar-refractivity contribution in [2.24, 2.45) is 11.8 Å². The lowest BCUT2D eigenvalue weighted by Gasteiger charge is -2.22. The Bertz CT molecular complexity index is 972. The Morgan fingerprint density at radius 1 is 1.07 bits per heavy atom. The molecule has 0 aliphatic carbocycles. The van der Waals surface area contributed by atoms with Gasteiger partial charge in [-0.25, -0.2) is 15.0 Å². The average Bonchev–Trinajstić information content (AvgIpc) is 3.40. The summed E-state index contributed by atoms with van der Waals surface area (Å²) in [7, 11) is 0. The van der Waals surface area contributed by atoms with Crippen LogP contribution in [0, 0.1) is 11.8 Å². The van der Waals surface area contributed by atoms with Gasteiger partial charge in [-0.15, -0.1) is 0 Å². The third-order valence-corrected chi connectivity index (χ3v) is 5.68. The van der Waals surface area contributed by atoms with Gasteiger partial charge in [-0.3, -0.25) is 9.78 Å². The Hall–Kier alpha value is -3.03. The number of carbonyl (C=O) groups excluding carboxylic acids is 1. The third-order valence-electron chi connectivity index (χ3n) is 5.68. The highest BCUT2D eigenvalue weighted by Gasteiger charge is 2.42. The summed E-state index contributed by atoms with van der Waals surface area (Å²) >= 11 is 0. The number of imidazole rings is 1. The van der Waals surface area contributed by atoms with Crippen LogP contribution in [-0.2, 0) is 6.54 Å². The summed E-state index contributed by atoms with van der Waals surface area (Å²) in [4.78, 5) is 34.5. The zero-order valence-electron chi connectivity index (χ0n) is 15.2. The standard InChI is InChI=1S/C19H21N7O/c1-2-24-12-23-16-17(24)21-11-22-18(16)25-7-13-9-26(10-14(13)8-25)19(27)15-5-3-4-6-20-15/h3-6,11-14H,2,7-10H2,1H3. The molecule has 2 unspecified atom stereocenters. The largest absolute Gasteiger partial charge is 0.354 e. The van der Waals surface area contributed by atoms with E-state index in [0.717, 1.165) is 49.7 Å². The normalized spacial score (nSPS) is 21.8. The number of hydrogen-bond acceptors (Lipinski definition) is 6. The summed E-state index contributed by atoms with van der Waals surface area (Å²) in [5.74, 6) is 1.85. The van der Waals surface area contributed by atoms with E-state index in [1.54, 1.807) is 18.6 Å². The van der Waals surface area contributed by atoms with Gasteiger partial charge in [0.15, 0.2) is 17.0 Å². The SMILES string of the molecule is CCn1cnc2c(N3CC4CN(C(=O)c5ccccn5)CC4C3)ncnc21. The molecule has 0 spiro atoms. The van der Waals surface area contributed by atoms with Crippen molar-refractivity contribution in [1.29, 1.82) is 0 Å². The summed E-state index contributed by atoms with van der Waals surface area (Å²) in [5.41, 5.74) is 2.27. The number of aromatic nitrogens is 5. The van der Waals surface area contributed by atoms with E-state index in [9.17, 15) is 4.79 Å². The van der Waals surface area contributed by atoms with E-state index >= 15 is 0 Å². The van der Waals surface area contributed by atoms with Gasteiger partial charge in [-0.2, -0.15) is 0 Å². The van der Waals surface area contributed by atoms with E-state index in [1.165, 1.54) is 0 Å². The van der Waals surface area contributed by atoms with E-state index in [4.69, 9.17) is 0 Å². The van der Waals surface area contributed by atoms with Crippen molar-refractivity contribution >= 4 is 22.9 Å². The van der Waals surface area contributed by atoms with Crippen LogP contribution in [0.1, 0.15) is 17.4 Å². The highest BCUT2D eigenvalue weighted by Crippen LogP contribution is 2.35. The first-order chi connectivity index (χ1) is 13.2. The van der Waals surface area contributed by atoms with E-state index in [2.05, 4.69) is 31.8 Å². The van der Waals surface area contributed by atoms with Crippen LogP contribution in [0.2, 0.25) is 0 Å². The smallest absolute Gasteiger partial charge is 0.272 e. The van der Waals surface area contributed by atoms with Gasteiger partial charge >= 0.3 is 0 Å². The van der Waals surface area contributed by atoms with Crippen LogP contribution in [0.15, 0.2) is 37.1 Å². The first kappa shape index (κ1) is 16.2. The number of aryl methyl sites for hydroxylation is 1. The Labute approximate surface area is 156 Å². The molecule has 8 nitrogen and oxygen atoms in total. The fraction of sp³-hybridized carbons (Fsp3) is 0.421. The average molecular weight is 363 g/mol. The minimum atomic E-state index is 0.0302. The van der Waals surface area contributed by atoms with Crippen molar-refractivity contribution < 1.29 is 4.79 Å². The topological polar surface area (TPSA) is 80.0 Å². The molecule has 138 valence electrons. The molecular weight excluding hydrogens is 342 g/mol. The molecule has 8 heteroatoms. The number of amides is 1. The van der Waals surface area contributed by atoms with Crippen LogP contribution >= 0.6 is 0 Å². The zero-order valence-corrected chi connectivity index (χ0v) is 15.2. The number of pyridine rings is 1. The van der Waals surface area contributed by atoms with E-state index < -0.39 is 0 Å². The summed E-state index contributed by atoms with van der Waals surface area (Å²) < 4.78 is 2.03. The maximum absolute atomic E-state index is 12.7. The molecule has 3 aromatic heterocycles. The van der Waals surface area contributed by atoms with E-state index in [-0.39, 0.29) is 5.91 Å². The monoisotopic (exact) mass is 363 g/mol. The number of carbonyl (C=O) groups is 1. The zero-order chi connectivity index (χ0) is 18.4. The first-order valence-electron chi connectivity index (χ1n) is 9.35. The molecule has 2 atom stereocenters. The maximum Gasteiger partial charge on any atom is 0.272 e. The molecule has 0 N–H and O–H groups in total. The quantitative estimate of drug-likeness (QED) is 0.701. The minimum Gasteiger partial charge on any atom is -0.354 e. The predicted molar refractivity (Wildman–Crippen MR) is 100 cm³/mol. The van der Waals surface area contributed by atoms with Gasteiger partial charge in [-0.05, 0) is 19.1 Å². The molecule has 2 saturated heterocycles. The van der Waals surface area contributed by atoms with E-state index in [0.29, 0.717) is 17.5 Å². The van der Waals surface area contributed by atoms with Gasteiger partial charge in [0, 0.05) is 50.8 Å². The molecular formula is C19H21N7O. The van der Waals surface area contributed by atoms with Crippen molar-refractivity contribution in [2.75, 3.05) is 31.1 Å². The van der Waals surface area contributed by atoms with E-state index in [1.807, 2.05) is 27.9 Å². The lowest BCUT2D eigenvalue weighted by Crippen LogP contribution is -2.34. The molecule has 0 saturated carbocycles. The number of nitrogens with zero attached hydrogens (tertiary/aromatic N) is 7. The third kappa shape index (κ3) is 2.63. The molecule has 27 heavy (non-hydrogen) atoms. The summed E-state index contributed by atoms with van der Waals surface area (Å²) in [6.45, 7) is 6.24. The Kier molecular flexibility index (Phi) is 3.77. The van der Waals surface area contributed by atoms with Crippen LogP contribution < -0.4 is 4.90 Å². The number of hydrogen-bond donors (Lipinski definition) is 0. The predicted octanol–water partition coefficient (Wildman–Crippen LogP) is 1.45. The Morgan fingerprint density at radius 3 is 2.59 bits per heavy atom. The highest BCUT2D eigenvalue weighted by atomic mass is 16.2. The second-order valence-corrected chi connectivity index (χ2v) is 7.25. The second kappa shape index (κ2) is 6.29. The van der Waals surface area contributed by atoms with Gasteiger partial charge in [0.2, 0.25) is 0 Å². The molecule has 3 aromatic rings. The Morgan fingerprint density at radius 2 is 1.89 bits per heavy atom. The molecule has 0 bridgehead atoms. The van der Waals surface area contributed by atoms with Gasteiger partial charge in [0.1, 0.15) is 12.0 Å². The summed E-state index contributed by atoms with van der Waals surface area (Å²) in [6.07, 6.45) is 5.12. The van der Waals surface area contributed by atoms with Crippen molar-refractivity contribution in [2.45, 2.75) is 13.5 Å². The highest BCUT2D eigenvalue weighted by molar-refractivity contribution is 5.92. The molecule has 2 aliphatic heterocycles. The van der Waals surface area contributed by atoms with Crippen LogP contribution in [0.4, 0.5) is 5.82 Å². The van der Waals surface area contributed by atoms with Crippen LogP contribution in [0.25, 0.3) is 11.2 Å².